The molecular weight excluding hydrogens is 318 g/mol. The number of anilines is 1. The number of Topliss-reactive ketones (excluding diaryl/α,β-unsaturated/α-hetero) is 1. The highest BCUT2D eigenvalue weighted by atomic mass is 16.4. The number of ketones is 1. The van der Waals surface area contributed by atoms with Crippen molar-refractivity contribution in [1.82, 2.24) is 0 Å². The van der Waals surface area contributed by atoms with Gasteiger partial charge in [0.25, 0.3) is 0 Å². The molecule has 0 spiro atoms. The van der Waals surface area contributed by atoms with E-state index in [0.717, 1.165) is 12.0 Å². The third-order valence-corrected chi connectivity index (χ3v) is 3.90. The predicted molar refractivity (Wildman–Crippen MR) is 95.8 cm³/mol. The molecule has 0 heterocycles. The van der Waals surface area contributed by atoms with Crippen molar-refractivity contribution in [2.24, 2.45) is 0 Å². The molecule has 2 rings (SSSR count). The first kappa shape index (κ1) is 18.4. The molecule has 0 atom stereocenters. The van der Waals surface area contributed by atoms with E-state index in [4.69, 9.17) is 5.11 Å². The maximum Gasteiger partial charge on any atom is 0.307 e. The van der Waals surface area contributed by atoms with E-state index in [9.17, 15) is 14.4 Å². The van der Waals surface area contributed by atoms with Gasteiger partial charge in [0.05, 0.1) is 6.42 Å². The normalized spacial score (nSPS) is 10.3. The van der Waals surface area contributed by atoms with Crippen molar-refractivity contribution < 1.29 is 19.5 Å². The fourth-order valence-corrected chi connectivity index (χ4v) is 2.47. The Bertz CT molecular complexity index is 766. The van der Waals surface area contributed by atoms with Crippen LogP contribution in [-0.2, 0) is 22.4 Å². The molecule has 0 saturated carbocycles. The number of carbonyl (C=O) groups is 3. The van der Waals surface area contributed by atoms with Gasteiger partial charge < -0.3 is 10.4 Å². The maximum atomic E-state index is 12.2. The molecule has 0 aliphatic carbocycles. The number of para-hydroxylation sites is 1. The van der Waals surface area contributed by atoms with Crippen molar-refractivity contribution in [2.45, 2.75) is 32.6 Å². The average molecular weight is 339 g/mol. The van der Waals surface area contributed by atoms with Crippen LogP contribution < -0.4 is 5.32 Å². The second kappa shape index (κ2) is 8.78. The van der Waals surface area contributed by atoms with E-state index >= 15 is 0 Å². The Balaban J connectivity index is 1.92. The third-order valence-electron chi connectivity index (χ3n) is 3.90. The van der Waals surface area contributed by atoms with E-state index in [1.165, 1.54) is 0 Å². The van der Waals surface area contributed by atoms with Crippen LogP contribution in [0.5, 0.6) is 0 Å². The van der Waals surface area contributed by atoms with E-state index in [0.29, 0.717) is 16.8 Å². The van der Waals surface area contributed by atoms with Gasteiger partial charge in [-0.1, -0.05) is 49.4 Å². The fourth-order valence-electron chi connectivity index (χ4n) is 2.47. The van der Waals surface area contributed by atoms with Gasteiger partial charge in [-0.05, 0) is 23.6 Å². The molecule has 2 aromatic rings. The number of hydrogen-bond acceptors (Lipinski definition) is 3. The molecular formula is C20H21NO4. The fraction of sp³-hybridized carbons (Fsp3) is 0.250. The smallest absolute Gasteiger partial charge is 0.307 e. The summed E-state index contributed by atoms with van der Waals surface area (Å²) in [6.45, 7) is 2.05. The first-order valence-corrected chi connectivity index (χ1v) is 8.21. The molecule has 0 aliphatic heterocycles. The van der Waals surface area contributed by atoms with Crippen molar-refractivity contribution in [2.75, 3.05) is 5.32 Å². The van der Waals surface area contributed by atoms with Crippen LogP contribution in [0.3, 0.4) is 0 Å². The van der Waals surface area contributed by atoms with Crippen molar-refractivity contribution in [1.29, 1.82) is 0 Å². The van der Waals surface area contributed by atoms with Gasteiger partial charge in [0.15, 0.2) is 5.78 Å². The summed E-state index contributed by atoms with van der Waals surface area (Å²) < 4.78 is 0. The minimum Gasteiger partial charge on any atom is -0.481 e. The zero-order valence-corrected chi connectivity index (χ0v) is 14.1. The Hall–Kier alpha value is -2.95. The van der Waals surface area contributed by atoms with E-state index in [1.54, 1.807) is 36.4 Å². The van der Waals surface area contributed by atoms with Crippen LogP contribution in [-0.4, -0.2) is 22.8 Å². The Morgan fingerprint density at radius 2 is 1.64 bits per heavy atom. The molecule has 0 aliphatic rings. The highest BCUT2D eigenvalue weighted by Crippen LogP contribution is 2.16. The van der Waals surface area contributed by atoms with Crippen molar-refractivity contribution in [3.63, 3.8) is 0 Å². The minimum atomic E-state index is -0.965. The van der Waals surface area contributed by atoms with Gasteiger partial charge in [-0.15, -0.1) is 0 Å². The first-order valence-electron chi connectivity index (χ1n) is 8.21. The molecule has 25 heavy (non-hydrogen) atoms. The molecule has 0 radical (unpaired) electrons. The quantitative estimate of drug-likeness (QED) is 0.721. The molecule has 130 valence electrons. The molecule has 1 amide bonds. The Morgan fingerprint density at radius 3 is 2.28 bits per heavy atom. The van der Waals surface area contributed by atoms with Crippen LogP contribution in [0.2, 0.25) is 0 Å². The van der Waals surface area contributed by atoms with Gasteiger partial charge in [0, 0.05) is 24.1 Å². The summed E-state index contributed by atoms with van der Waals surface area (Å²) in [6.07, 6.45) is 0.903. The zero-order chi connectivity index (χ0) is 18.2. The Labute approximate surface area is 146 Å². The first-order chi connectivity index (χ1) is 12.0. The molecule has 5 nitrogen and oxygen atoms in total. The number of hydrogen-bond donors (Lipinski definition) is 2. The molecule has 0 aromatic heterocycles. The maximum absolute atomic E-state index is 12.2. The number of carboxylic acids is 1. The summed E-state index contributed by atoms with van der Waals surface area (Å²) >= 11 is 0. The Morgan fingerprint density at radius 1 is 0.960 bits per heavy atom. The molecule has 5 heteroatoms. The van der Waals surface area contributed by atoms with Crippen molar-refractivity contribution in [3.05, 3.63) is 65.2 Å². The van der Waals surface area contributed by atoms with Crippen molar-refractivity contribution in [3.8, 4) is 0 Å². The second-order valence-electron chi connectivity index (χ2n) is 5.75. The molecule has 2 aromatic carbocycles. The number of aliphatic carboxylic acids is 1. The lowest BCUT2D eigenvalue weighted by molar-refractivity contribution is -0.136. The molecule has 0 saturated heterocycles. The number of carbonyl (C=O) groups excluding carboxylic acids is 2. The topological polar surface area (TPSA) is 83.5 Å². The molecule has 0 unspecified atom stereocenters. The SMILES string of the molecule is CCc1ccc(C(=O)CCC(=O)Nc2ccccc2CC(=O)O)cc1. The standard InChI is InChI=1S/C20H21NO4/c1-2-14-7-9-15(10-8-14)18(22)11-12-19(23)21-17-6-4-3-5-16(17)13-20(24)25/h3-10H,2,11-13H2,1H3,(H,21,23)(H,24,25). The summed E-state index contributed by atoms with van der Waals surface area (Å²) in [6, 6.07) is 14.1. The van der Waals surface area contributed by atoms with E-state index in [1.807, 2.05) is 19.1 Å². The lowest BCUT2D eigenvalue weighted by atomic mass is 10.0. The third kappa shape index (κ3) is 5.57. The number of carboxylic acid groups (broad SMARTS) is 1. The van der Waals surface area contributed by atoms with Gasteiger partial charge in [-0.25, -0.2) is 0 Å². The van der Waals surface area contributed by atoms with Gasteiger partial charge >= 0.3 is 5.97 Å². The summed E-state index contributed by atoms with van der Waals surface area (Å²) in [5, 5.41) is 11.6. The predicted octanol–water partition coefficient (Wildman–Crippen LogP) is 3.48. The lowest BCUT2D eigenvalue weighted by Gasteiger charge is -2.09. The van der Waals surface area contributed by atoms with Crippen LogP contribution in [0.25, 0.3) is 0 Å². The van der Waals surface area contributed by atoms with Crippen molar-refractivity contribution >= 4 is 23.3 Å². The zero-order valence-electron chi connectivity index (χ0n) is 14.1. The lowest BCUT2D eigenvalue weighted by Crippen LogP contribution is -2.15. The van der Waals surface area contributed by atoms with Crippen LogP contribution in [0, 0.1) is 0 Å². The Kier molecular flexibility index (Phi) is 6.46. The number of amides is 1. The van der Waals surface area contributed by atoms with Crippen LogP contribution >= 0.6 is 0 Å². The number of benzene rings is 2. The second-order valence-corrected chi connectivity index (χ2v) is 5.75. The highest BCUT2D eigenvalue weighted by Gasteiger charge is 2.12. The minimum absolute atomic E-state index is 0.0514. The van der Waals surface area contributed by atoms with E-state index in [-0.39, 0.29) is 31.0 Å². The highest BCUT2D eigenvalue weighted by molar-refractivity contribution is 6.00. The molecule has 0 bridgehead atoms. The van der Waals surface area contributed by atoms with Gasteiger partial charge in [-0.2, -0.15) is 0 Å². The van der Waals surface area contributed by atoms with E-state index in [2.05, 4.69) is 5.32 Å². The van der Waals surface area contributed by atoms with Crippen LogP contribution in [0.4, 0.5) is 5.69 Å². The average Bonchev–Trinajstić information content (AvgIpc) is 2.61. The summed E-state index contributed by atoms with van der Waals surface area (Å²) in [4.78, 5) is 35.1. The molecule has 0 fully saturated rings. The monoisotopic (exact) mass is 339 g/mol. The number of aryl methyl sites for hydroxylation is 1. The molecule has 2 N–H and O–H groups in total. The summed E-state index contributed by atoms with van der Waals surface area (Å²) in [5.74, 6) is -1.36. The summed E-state index contributed by atoms with van der Waals surface area (Å²) in [7, 11) is 0. The summed E-state index contributed by atoms with van der Waals surface area (Å²) in [5.41, 5.74) is 2.75. The number of nitrogens with one attached hydrogen (secondary N) is 1. The largest absolute Gasteiger partial charge is 0.481 e. The van der Waals surface area contributed by atoms with Crippen LogP contribution in [0.15, 0.2) is 48.5 Å². The van der Waals surface area contributed by atoms with Gasteiger partial charge in [-0.3, -0.25) is 14.4 Å². The van der Waals surface area contributed by atoms with Crippen LogP contribution in [0.1, 0.15) is 41.3 Å². The van der Waals surface area contributed by atoms with E-state index < -0.39 is 5.97 Å². The van der Waals surface area contributed by atoms with Gasteiger partial charge in [0.1, 0.15) is 0 Å². The van der Waals surface area contributed by atoms with Gasteiger partial charge in [0.2, 0.25) is 5.91 Å². The number of rotatable bonds is 8.